The fourth-order valence-electron chi connectivity index (χ4n) is 3.33. The Hall–Kier alpha value is -2.88. The van der Waals surface area contributed by atoms with Gasteiger partial charge in [0.05, 0.1) is 11.1 Å². The average Bonchev–Trinajstić information content (AvgIpc) is 3.02. The Kier molecular flexibility index (Phi) is 5.64. The zero-order valence-electron chi connectivity index (χ0n) is 16.3. The number of hydrogen-bond donors (Lipinski definition) is 1. The van der Waals surface area contributed by atoms with Gasteiger partial charge in [-0.15, -0.1) is 0 Å². The van der Waals surface area contributed by atoms with E-state index in [0.717, 1.165) is 35.0 Å². The van der Waals surface area contributed by atoms with E-state index in [1.807, 2.05) is 0 Å². The van der Waals surface area contributed by atoms with Gasteiger partial charge in [-0.1, -0.05) is 32.0 Å². The molecule has 0 spiro atoms. The molecule has 166 valence electrons. The number of hydrogen-bond acceptors (Lipinski definition) is 2. The number of aromatic nitrogens is 1. The van der Waals surface area contributed by atoms with Crippen molar-refractivity contribution in [2.24, 2.45) is 11.7 Å². The molecule has 0 radical (unpaired) electrons. The lowest BCUT2D eigenvalue weighted by atomic mass is 9.96. The summed E-state index contributed by atoms with van der Waals surface area (Å²) in [5.41, 5.74) is 2.46. The molecule has 0 saturated heterocycles. The molecule has 0 bridgehead atoms. The van der Waals surface area contributed by atoms with Crippen LogP contribution in [0.5, 0.6) is 0 Å². The number of nitrogens with zero attached hydrogens (tertiary/aromatic N) is 1. The van der Waals surface area contributed by atoms with E-state index in [1.54, 1.807) is 0 Å². The molecule has 1 atom stereocenters. The summed E-state index contributed by atoms with van der Waals surface area (Å²) in [5.74, 6) is -2.44. The van der Waals surface area contributed by atoms with Gasteiger partial charge in [-0.2, -0.15) is 26.3 Å². The van der Waals surface area contributed by atoms with E-state index in [9.17, 15) is 35.5 Å². The number of nitrogens with two attached hydrogens (primary N) is 1. The molecule has 2 N–H and O–H groups in total. The molecular formula is C21H17F7N2O. The van der Waals surface area contributed by atoms with Crippen LogP contribution in [-0.4, -0.2) is 16.7 Å². The number of alkyl halides is 6. The van der Waals surface area contributed by atoms with E-state index in [4.69, 9.17) is 5.73 Å². The van der Waals surface area contributed by atoms with Gasteiger partial charge < -0.3 is 5.73 Å². The minimum absolute atomic E-state index is 0.165. The molecule has 0 amide bonds. The Labute approximate surface area is 172 Å². The van der Waals surface area contributed by atoms with Gasteiger partial charge in [0.2, 0.25) is 5.91 Å². The normalized spacial score (nSPS) is 13.8. The molecule has 3 rings (SSSR count). The summed E-state index contributed by atoms with van der Waals surface area (Å²) in [6.07, 6.45) is -8.81. The summed E-state index contributed by atoms with van der Waals surface area (Å²) < 4.78 is 95.7. The molecule has 0 aliphatic heterocycles. The predicted molar refractivity (Wildman–Crippen MR) is 101 cm³/mol. The summed E-state index contributed by atoms with van der Waals surface area (Å²) in [6.45, 7) is 3.00. The Morgan fingerprint density at radius 3 is 2.16 bits per heavy atom. The van der Waals surface area contributed by atoms with Crippen LogP contribution in [-0.2, 0) is 6.18 Å². The van der Waals surface area contributed by atoms with Gasteiger partial charge in [0.1, 0.15) is 11.9 Å². The zero-order chi connectivity index (χ0) is 23.3. The van der Waals surface area contributed by atoms with Gasteiger partial charge >= 0.3 is 12.4 Å². The fraction of sp³-hybridized carbons (Fsp3) is 0.286. The Balaban J connectivity index is 2.36. The van der Waals surface area contributed by atoms with Crippen molar-refractivity contribution in [2.45, 2.75) is 32.2 Å². The molecule has 0 saturated carbocycles. The first-order valence-electron chi connectivity index (χ1n) is 9.11. The monoisotopic (exact) mass is 446 g/mol. The van der Waals surface area contributed by atoms with Gasteiger partial charge in [-0.3, -0.25) is 9.36 Å². The van der Waals surface area contributed by atoms with Crippen molar-refractivity contribution in [1.82, 2.24) is 4.57 Å². The van der Waals surface area contributed by atoms with E-state index in [0.29, 0.717) is 6.07 Å². The second-order valence-corrected chi connectivity index (χ2v) is 7.36. The lowest BCUT2D eigenvalue weighted by Gasteiger charge is -2.16. The van der Waals surface area contributed by atoms with Gasteiger partial charge in [0.15, 0.2) is 0 Å². The molecule has 0 aliphatic carbocycles. The molecule has 1 aromatic heterocycles. The SMILES string of the molecule is CC(C)C(=O)n1cc([C@H](N)C(F)(F)F)c2cc(F)c(-c3ccccc3C(F)(F)F)cc21. The van der Waals surface area contributed by atoms with Crippen molar-refractivity contribution in [1.29, 1.82) is 0 Å². The molecule has 10 heteroatoms. The quantitative estimate of drug-likeness (QED) is 0.479. The first-order valence-corrected chi connectivity index (χ1v) is 9.11. The van der Waals surface area contributed by atoms with Gasteiger partial charge in [0, 0.05) is 28.6 Å². The molecule has 2 aromatic carbocycles. The highest BCUT2D eigenvalue weighted by atomic mass is 19.4. The predicted octanol–water partition coefficient (Wildman–Crippen LogP) is 6.32. The second kappa shape index (κ2) is 7.67. The maximum Gasteiger partial charge on any atom is 0.417 e. The Bertz CT molecular complexity index is 1140. The minimum Gasteiger partial charge on any atom is -0.316 e. The van der Waals surface area contributed by atoms with Crippen molar-refractivity contribution in [2.75, 3.05) is 0 Å². The van der Waals surface area contributed by atoms with E-state index < -0.39 is 58.3 Å². The highest BCUT2D eigenvalue weighted by molar-refractivity contribution is 5.97. The van der Waals surface area contributed by atoms with Crippen LogP contribution in [0.25, 0.3) is 22.0 Å². The third-order valence-corrected chi connectivity index (χ3v) is 4.87. The number of carbonyl (C=O) groups is 1. The van der Waals surface area contributed by atoms with E-state index in [2.05, 4.69) is 0 Å². The summed E-state index contributed by atoms with van der Waals surface area (Å²) in [5, 5.41) is -0.301. The summed E-state index contributed by atoms with van der Waals surface area (Å²) >= 11 is 0. The number of rotatable bonds is 3. The molecule has 0 fully saturated rings. The largest absolute Gasteiger partial charge is 0.417 e. The highest BCUT2D eigenvalue weighted by Crippen LogP contribution is 2.41. The maximum atomic E-state index is 14.9. The second-order valence-electron chi connectivity index (χ2n) is 7.36. The topological polar surface area (TPSA) is 48.0 Å². The van der Waals surface area contributed by atoms with Gasteiger partial charge in [-0.25, -0.2) is 4.39 Å². The van der Waals surface area contributed by atoms with Crippen LogP contribution < -0.4 is 5.73 Å². The molecule has 0 aliphatic rings. The van der Waals surface area contributed by atoms with Crippen LogP contribution in [0.4, 0.5) is 30.7 Å². The van der Waals surface area contributed by atoms with Crippen molar-refractivity contribution >= 4 is 16.8 Å². The Morgan fingerprint density at radius 2 is 1.61 bits per heavy atom. The molecule has 31 heavy (non-hydrogen) atoms. The van der Waals surface area contributed by atoms with Crippen LogP contribution in [0, 0.1) is 11.7 Å². The molecule has 3 nitrogen and oxygen atoms in total. The van der Waals surface area contributed by atoms with Crippen LogP contribution >= 0.6 is 0 Å². The van der Waals surface area contributed by atoms with Gasteiger partial charge in [-0.05, 0) is 23.8 Å². The molecular weight excluding hydrogens is 429 g/mol. The first-order chi connectivity index (χ1) is 14.2. The van der Waals surface area contributed by atoms with E-state index in [-0.39, 0.29) is 10.9 Å². The van der Waals surface area contributed by atoms with Crippen molar-refractivity contribution < 1.29 is 35.5 Å². The smallest absolute Gasteiger partial charge is 0.316 e. The number of benzene rings is 2. The molecule has 3 aromatic rings. The van der Waals surface area contributed by atoms with Crippen LogP contribution in [0.2, 0.25) is 0 Å². The fourth-order valence-corrected chi connectivity index (χ4v) is 3.33. The van der Waals surface area contributed by atoms with Gasteiger partial charge in [0.25, 0.3) is 0 Å². The van der Waals surface area contributed by atoms with Crippen molar-refractivity contribution in [3.63, 3.8) is 0 Å². The lowest BCUT2D eigenvalue weighted by molar-refractivity contribution is -0.148. The maximum absolute atomic E-state index is 14.9. The summed E-state index contributed by atoms with van der Waals surface area (Å²) in [6, 6.07) is 3.34. The molecule has 0 unspecified atom stereocenters. The van der Waals surface area contributed by atoms with Crippen LogP contribution in [0.1, 0.15) is 35.8 Å². The van der Waals surface area contributed by atoms with E-state index >= 15 is 0 Å². The van der Waals surface area contributed by atoms with E-state index in [1.165, 1.54) is 19.9 Å². The third-order valence-electron chi connectivity index (χ3n) is 4.87. The Morgan fingerprint density at radius 1 is 1.00 bits per heavy atom. The third kappa shape index (κ3) is 4.16. The van der Waals surface area contributed by atoms with Crippen molar-refractivity contribution in [3.8, 4) is 11.1 Å². The summed E-state index contributed by atoms with van der Waals surface area (Å²) in [7, 11) is 0. The summed E-state index contributed by atoms with van der Waals surface area (Å²) in [4.78, 5) is 12.6. The average molecular weight is 446 g/mol. The standard InChI is InChI=1S/C21H17F7N2O/c1-10(2)19(31)30-9-14(18(29)21(26,27)28)13-7-16(22)12(8-17(13)30)11-5-3-4-6-15(11)20(23,24)25/h3-10,18H,29H2,1-2H3/t18-/m0/s1. The zero-order valence-corrected chi connectivity index (χ0v) is 16.3. The van der Waals surface area contributed by atoms with Crippen LogP contribution in [0.3, 0.4) is 0 Å². The highest BCUT2D eigenvalue weighted by Gasteiger charge is 2.40. The number of halogens is 7. The number of fused-ring (bicyclic) bond motifs is 1. The van der Waals surface area contributed by atoms with Crippen molar-refractivity contribution in [3.05, 3.63) is 59.5 Å². The molecule has 1 heterocycles. The van der Waals surface area contributed by atoms with Crippen LogP contribution in [0.15, 0.2) is 42.6 Å². The number of carbonyl (C=O) groups excluding carboxylic acids is 1. The lowest BCUT2D eigenvalue weighted by Crippen LogP contribution is -2.28. The minimum atomic E-state index is -4.88. The first kappa shape index (κ1) is 22.8.